The molecule has 0 amide bonds. The Morgan fingerprint density at radius 2 is 2.06 bits per heavy atom. The number of rotatable bonds is 5. The van der Waals surface area contributed by atoms with E-state index in [9.17, 15) is 19.3 Å². The number of nitro benzene ring substituents is 1. The average Bonchev–Trinajstić information content (AvgIpc) is 2.37. The van der Waals surface area contributed by atoms with Crippen LogP contribution in [0, 0.1) is 10.1 Å². The van der Waals surface area contributed by atoms with Gasteiger partial charge in [-0.15, -0.1) is 0 Å². The summed E-state index contributed by atoms with van der Waals surface area (Å²) in [5.74, 6) is -1.04. The maximum Gasteiger partial charge on any atom is 0.342 e. The van der Waals surface area contributed by atoms with Crippen LogP contribution < -0.4 is 5.73 Å². The molecule has 18 heavy (non-hydrogen) atoms. The number of carbonyl (C=O) groups is 1. The lowest BCUT2D eigenvalue weighted by Gasteiger charge is -2.15. The number of hydrogen-bond acceptors (Lipinski definition) is 5. The molecule has 0 fully saturated rings. The lowest BCUT2D eigenvalue weighted by molar-refractivity contribution is -0.384. The van der Waals surface area contributed by atoms with Gasteiger partial charge in [-0.2, -0.15) is 0 Å². The van der Waals surface area contributed by atoms with E-state index < -0.39 is 23.1 Å². The normalized spacial score (nSPS) is 13.7. The molecule has 0 aromatic heterocycles. The minimum absolute atomic E-state index is 0.0617. The molecule has 98 valence electrons. The van der Waals surface area contributed by atoms with E-state index in [1.807, 2.05) is 0 Å². The van der Waals surface area contributed by atoms with Crippen molar-refractivity contribution in [1.29, 1.82) is 0 Å². The van der Waals surface area contributed by atoms with E-state index in [0.717, 1.165) is 0 Å². The molecule has 7 heteroatoms. The zero-order valence-corrected chi connectivity index (χ0v) is 9.71. The first-order valence-corrected chi connectivity index (χ1v) is 5.28. The second-order valence-corrected chi connectivity index (χ2v) is 3.53. The van der Waals surface area contributed by atoms with E-state index in [-0.39, 0.29) is 12.3 Å². The Morgan fingerprint density at radius 1 is 1.50 bits per heavy atom. The molecule has 0 spiro atoms. The zero-order valence-electron chi connectivity index (χ0n) is 9.71. The standard InChI is InChI=1S/C11H13FN2O4/c1-2-18-11(15)9(12)10(13)7-3-5-8(6-4-7)14(16)17/h3-6,9-10H,2,13H2,1H3/t9?,10-/m1/s1. The van der Waals surface area contributed by atoms with E-state index in [1.165, 1.54) is 24.3 Å². The van der Waals surface area contributed by atoms with Crippen molar-refractivity contribution in [2.24, 2.45) is 5.73 Å². The van der Waals surface area contributed by atoms with E-state index >= 15 is 0 Å². The van der Waals surface area contributed by atoms with Crippen LogP contribution in [-0.4, -0.2) is 23.7 Å². The molecule has 0 saturated heterocycles. The second kappa shape index (κ2) is 6.06. The third-order valence-corrected chi connectivity index (χ3v) is 2.32. The van der Waals surface area contributed by atoms with Crippen LogP contribution in [0.3, 0.4) is 0 Å². The van der Waals surface area contributed by atoms with E-state index in [2.05, 4.69) is 4.74 Å². The van der Waals surface area contributed by atoms with Crippen LogP contribution in [0.15, 0.2) is 24.3 Å². The van der Waals surface area contributed by atoms with Crippen LogP contribution in [0.5, 0.6) is 0 Å². The number of hydrogen-bond donors (Lipinski definition) is 1. The Balaban J connectivity index is 2.80. The summed E-state index contributed by atoms with van der Waals surface area (Å²) in [6.45, 7) is 1.62. The summed E-state index contributed by atoms with van der Waals surface area (Å²) in [6, 6.07) is 3.83. The van der Waals surface area contributed by atoms with Crippen LogP contribution in [0.4, 0.5) is 10.1 Å². The predicted octanol–water partition coefficient (Wildman–Crippen LogP) is 1.50. The summed E-state index contributed by atoms with van der Waals surface area (Å²) in [5.41, 5.74) is 5.72. The van der Waals surface area contributed by atoms with Gasteiger partial charge in [0, 0.05) is 12.1 Å². The summed E-state index contributed by atoms with van der Waals surface area (Å²) < 4.78 is 18.1. The molecule has 0 heterocycles. The molecule has 0 radical (unpaired) electrons. The first-order valence-electron chi connectivity index (χ1n) is 5.28. The predicted molar refractivity (Wildman–Crippen MR) is 61.6 cm³/mol. The molecule has 0 saturated carbocycles. The number of alkyl halides is 1. The van der Waals surface area contributed by atoms with Crippen molar-refractivity contribution in [3.63, 3.8) is 0 Å². The molecule has 6 nitrogen and oxygen atoms in total. The van der Waals surface area contributed by atoms with Gasteiger partial charge < -0.3 is 10.5 Å². The molecule has 0 aliphatic rings. The van der Waals surface area contributed by atoms with Gasteiger partial charge in [0.1, 0.15) is 0 Å². The van der Waals surface area contributed by atoms with Gasteiger partial charge in [0.25, 0.3) is 5.69 Å². The highest BCUT2D eigenvalue weighted by Gasteiger charge is 2.27. The van der Waals surface area contributed by atoms with Gasteiger partial charge in [-0.1, -0.05) is 12.1 Å². The van der Waals surface area contributed by atoms with Crippen LogP contribution in [0.1, 0.15) is 18.5 Å². The van der Waals surface area contributed by atoms with Gasteiger partial charge in [0.05, 0.1) is 17.6 Å². The molecule has 1 aromatic rings. The van der Waals surface area contributed by atoms with Crippen LogP contribution in [0.25, 0.3) is 0 Å². The Hall–Kier alpha value is -2.02. The fourth-order valence-corrected chi connectivity index (χ4v) is 1.36. The molecule has 1 aromatic carbocycles. The fraction of sp³-hybridized carbons (Fsp3) is 0.364. The molecule has 2 atom stereocenters. The maximum atomic E-state index is 13.6. The van der Waals surface area contributed by atoms with Gasteiger partial charge in [0.15, 0.2) is 0 Å². The molecule has 0 aliphatic carbocycles. The topological polar surface area (TPSA) is 95.5 Å². The SMILES string of the molecule is CCOC(=O)C(F)[C@H](N)c1ccc([N+](=O)[O-])cc1. The first-order chi connectivity index (χ1) is 8.47. The Morgan fingerprint density at radius 3 is 2.50 bits per heavy atom. The molecule has 2 N–H and O–H groups in total. The Labute approximate surface area is 103 Å². The minimum atomic E-state index is -1.99. The molecule has 0 bridgehead atoms. The van der Waals surface area contributed by atoms with Crippen LogP contribution in [-0.2, 0) is 9.53 Å². The van der Waals surface area contributed by atoms with Crippen molar-refractivity contribution in [1.82, 2.24) is 0 Å². The summed E-state index contributed by atoms with van der Waals surface area (Å²) in [7, 11) is 0. The van der Waals surface area contributed by atoms with E-state index in [1.54, 1.807) is 6.92 Å². The number of nitrogens with zero attached hydrogens (tertiary/aromatic N) is 1. The van der Waals surface area contributed by atoms with Gasteiger partial charge in [0.2, 0.25) is 6.17 Å². The Bertz CT molecular complexity index is 435. The molecular weight excluding hydrogens is 243 g/mol. The number of ether oxygens (including phenoxy) is 1. The number of carbonyl (C=O) groups excluding carboxylic acids is 1. The van der Waals surface area contributed by atoms with Crippen molar-refractivity contribution < 1.29 is 18.8 Å². The highest BCUT2D eigenvalue weighted by molar-refractivity contribution is 5.75. The van der Waals surface area contributed by atoms with Gasteiger partial charge >= 0.3 is 5.97 Å². The molecule has 1 unspecified atom stereocenters. The Kier molecular flexibility index (Phi) is 4.73. The lowest BCUT2D eigenvalue weighted by Crippen LogP contribution is -2.31. The number of non-ortho nitro benzene ring substituents is 1. The average molecular weight is 256 g/mol. The summed E-state index contributed by atoms with van der Waals surface area (Å²) >= 11 is 0. The largest absolute Gasteiger partial charge is 0.464 e. The number of nitrogens with two attached hydrogens (primary N) is 1. The number of esters is 1. The summed E-state index contributed by atoms with van der Waals surface area (Å²) in [5, 5.41) is 10.4. The first kappa shape index (κ1) is 14.0. The summed E-state index contributed by atoms with van der Waals surface area (Å²) in [4.78, 5) is 21.0. The lowest BCUT2D eigenvalue weighted by atomic mass is 10.0. The van der Waals surface area contributed by atoms with Crippen LogP contribution >= 0.6 is 0 Å². The van der Waals surface area contributed by atoms with Gasteiger partial charge in [-0.05, 0) is 12.5 Å². The number of halogens is 1. The van der Waals surface area contributed by atoms with Gasteiger partial charge in [-0.25, -0.2) is 9.18 Å². The van der Waals surface area contributed by atoms with E-state index in [0.29, 0.717) is 5.56 Å². The molecule has 0 aliphatic heterocycles. The highest BCUT2D eigenvalue weighted by Crippen LogP contribution is 2.21. The third-order valence-electron chi connectivity index (χ3n) is 2.32. The third kappa shape index (κ3) is 3.24. The second-order valence-electron chi connectivity index (χ2n) is 3.53. The number of nitro groups is 1. The summed E-state index contributed by atoms with van der Waals surface area (Å²) in [6.07, 6.45) is -1.99. The van der Waals surface area contributed by atoms with Gasteiger partial charge in [-0.3, -0.25) is 10.1 Å². The number of benzene rings is 1. The quantitative estimate of drug-likeness (QED) is 0.489. The molecule has 1 rings (SSSR count). The smallest absolute Gasteiger partial charge is 0.342 e. The fourth-order valence-electron chi connectivity index (χ4n) is 1.36. The van der Waals surface area contributed by atoms with Crippen molar-refractivity contribution >= 4 is 11.7 Å². The van der Waals surface area contributed by atoms with E-state index in [4.69, 9.17) is 5.73 Å². The highest BCUT2D eigenvalue weighted by atomic mass is 19.1. The van der Waals surface area contributed by atoms with Crippen LogP contribution in [0.2, 0.25) is 0 Å². The minimum Gasteiger partial charge on any atom is -0.464 e. The zero-order chi connectivity index (χ0) is 13.7. The van der Waals surface area contributed by atoms with Crippen molar-refractivity contribution in [2.45, 2.75) is 19.1 Å². The van der Waals surface area contributed by atoms with Crippen molar-refractivity contribution in [2.75, 3.05) is 6.61 Å². The van der Waals surface area contributed by atoms with Crippen molar-refractivity contribution in [3.8, 4) is 0 Å². The van der Waals surface area contributed by atoms with Crippen molar-refractivity contribution in [3.05, 3.63) is 39.9 Å². The molecular formula is C11H13FN2O4. The maximum absolute atomic E-state index is 13.6. The monoisotopic (exact) mass is 256 g/mol.